The molecule has 18 heavy (non-hydrogen) atoms. The van der Waals surface area contributed by atoms with Crippen LogP contribution in [-0.2, 0) is 0 Å². The SMILES string of the molecule is Cc1cccc(C(=O)N2CCC(C)(O)CC2)c1F. The van der Waals surface area contributed by atoms with Gasteiger partial charge in [-0.1, -0.05) is 12.1 Å². The number of carbonyl (C=O) groups excluding carboxylic acids is 1. The molecule has 1 N–H and O–H groups in total. The number of halogens is 1. The lowest BCUT2D eigenvalue weighted by molar-refractivity contribution is -0.00214. The minimum Gasteiger partial charge on any atom is -0.390 e. The van der Waals surface area contributed by atoms with Gasteiger partial charge in [0, 0.05) is 13.1 Å². The Bertz CT molecular complexity index is 461. The molecule has 4 heteroatoms. The molecule has 0 saturated carbocycles. The Morgan fingerprint density at radius 2 is 2.00 bits per heavy atom. The number of aryl methyl sites for hydroxylation is 1. The molecule has 98 valence electrons. The first-order valence-electron chi connectivity index (χ1n) is 6.17. The summed E-state index contributed by atoms with van der Waals surface area (Å²) in [4.78, 5) is 13.8. The smallest absolute Gasteiger partial charge is 0.256 e. The van der Waals surface area contributed by atoms with Gasteiger partial charge in [0.1, 0.15) is 5.82 Å². The molecule has 1 aliphatic rings. The lowest BCUT2D eigenvalue weighted by Gasteiger charge is -2.35. The molecule has 1 saturated heterocycles. The van der Waals surface area contributed by atoms with Crippen molar-refractivity contribution in [1.82, 2.24) is 4.90 Å². The predicted molar refractivity (Wildman–Crippen MR) is 66.9 cm³/mol. The molecule has 1 aliphatic heterocycles. The van der Waals surface area contributed by atoms with Gasteiger partial charge in [-0.3, -0.25) is 4.79 Å². The van der Waals surface area contributed by atoms with Crippen LogP contribution in [0.15, 0.2) is 18.2 Å². The molecule has 0 radical (unpaired) electrons. The van der Waals surface area contributed by atoms with E-state index in [2.05, 4.69) is 0 Å². The normalized spacial score (nSPS) is 18.8. The molecule has 1 aromatic carbocycles. The maximum atomic E-state index is 13.9. The zero-order chi connectivity index (χ0) is 13.3. The van der Waals surface area contributed by atoms with Crippen LogP contribution in [0.3, 0.4) is 0 Å². The van der Waals surface area contributed by atoms with Gasteiger partial charge in [-0.15, -0.1) is 0 Å². The monoisotopic (exact) mass is 251 g/mol. The van der Waals surface area contributed by atoms with Crippen molar-refractivity contribution in [2.24, 2.45) is 0 Å². The van der Waals surface area contributed by atoms with Gasteiger partial charge in [0.05, 0.1) is 11.2 Å². The van der Waals surface area contributed by atoms with Crippen molar-refractivity contribution in [3.8, 4) is 0 Å². The number of nitrogens with zero attached hydrogens (tertiary/aromatic N) is 1. The largest absolute Gasteiger partial charge is 0.390 e. The number of aliphatic hydroxyl groups is 1. The Morgan fingerprint density at radius 3 is 2.61 bits per heavy atom. The summed E-state index contributed by atoms with van der Waals surface area (Å²) in [5.74, 6) is -0.730. The molecule has 1 aromatic rings. The van der Waals surface area contributed by atoms with Gasteiger partial charge in [-0.2, -0.15) is 0 Å². The van der Waals surface area contributed by atoms with Gasteiger partial charge in [-0.05, 0) is 38.3 Å². The molecule has 0 aromatic heterocycles. The second-order valence-corrected chi connectivity index (χ2v) is 5.23. The van der Waals surface area contributed by atoms with Gasteiger partial charge >= 0.3 is 0 Å². The van der Waals surface area contributed by atoms with Gasteiger partial charge in [0.2, 0.25) is 0 Å². The molecule has 3 nitrogen and oxygen atoms in total. The Labute approximate surface area is 106 Å². The van der Waals surface area contributed by atoms with E-state index in [0.29, 0.717) is 31.5 Å². The quantitative estimate of drug-likeness (QED) is 0.830. The van der Waals surface area contributed by atoms with Crippen molar-refractivity contribution < 1.29 is 14.3 Å². The molecule has 2 rings (SSSR count). The minimum atomic E-state index is -0.706. The summed E-state index contributed by atoms with van der Waals surface area (Å²) in [6.45, 7) is 4.35. The van der Waals surface area contributed by atoms with E-state index in [-0.39, 0.29) is 11.5 Å². The van der Waals surface area contributed by atoms with E-state index in [4.69, 9.17) is 0 Å². The van der Waals surface area contributed by atoms with E-state index in [1.165, 1.54) is 6.07 Å². The van der Waals surface area contributed by atoms with E-state index in [1.807, 2.05) is 0 Å². The standard InChI is InChI=1S/C14H18FNO2/c1-10-4-3-5-11(12(10)15)13(17)16-8-6-14(2,18)7-9-16/h3-5,18H,6-9H2,1-2H3. The number of piperidine rings is 1. The first kappa shape index (κ1) is 13.0. The lowest BCUT2D eigenvalue weighted by Crippen LogP contribution is -2.45. The molecule has 0 atom stereocenters. The van der Waals surface area contributed by atoms with Crippen LogP contribution in [0.2, 0.25) is 0 Å². The zero-order valence-electron chi connectivity index (χ0n) is 10.7. The topological polar surface area (TPSA) is 40.5 Å². The van der Waals surface area contributed by atoms with Crippen LogP contribution < -0.4 is 0 Å². The number of hydrogen-bond acceptors (Lipinski definition) is 2. The second kappa shape index (κ2) is 4.69. The third kappa shape index (κ3) is 2.53. The molecule has 1 heterocycles. The average molecular weight is 251 g/mol. The van der Waals surface area contributed by atoms with Crippen molar-refractivity contribution in [2.75, 3.05) is 13.1 Å². The highest BCUT2D eigenvalue weighted by molar-refractivity contribution is 5.94. The van der Waals surface area contributed by atoms with Crippen LogP contribution in [-0.4, -0.2) is 34.6 Å². The highest BCUT2D eigenvalue weighted by Crippen LogP contribution is 2.23. The minimum absolute atomic E-state index is 0.122. The fourth-order valence-corrected chi connectivity index (χ4v) is 2.17. The van der Waals surface area contributed by atoms with E-state index in [9.17, 15) is 14.3 Å². The van der Waals surface area contributed by atoms with Gasteiger partial charge in [0.25, 0.3) is 5.91 Å². The summed E-state index contributed by atoms with van der Waals surface area (Å²) in [6, 6.07) is 4.84. The van der Waals surface area contributed by atoms with Crippen molar-refractivity contribution >= 4 is 5.91 Å². The molecule has 0 spiro atoms. The first-order chi connectivity index (χ1) is 8.41. The van der Waals surface area contributed by atoms with Crippen molar-refractivity contribution in [1.29, 1.82) is 0 Å². The summed E-state index contributed by atoms with van der Waals surface area (Å²) in [5, 5.41) is 9.83. The number of amides is 1. The Kier molecular flexibility index (Phi) is 3.39. The number of hydrogen-bond donors (Lipinski definition) is 1. The molecule has 0 bridgehead atoms. The molecule has 1 fully saturated rings. The van der Waals surface area contributed by atoms with E-state index in [1.54, 1.807) is 30.9 Å². The van der Waals surface area contributed by atoms with Crippen LogP contribution in [0.4, 0.5) is 4.39 Å². The highest BCUT2D eigenvalue weighted by Gasteiger charge is 2.30. The lowest BCUT2D eigenvalue weighted by atomic mass is 9.93. The summed E-state index contributed by atoms with van der Waals surface area (Å²) in [7, 11) is 0. The van der Waals surface area contributed by atoms with E-state index >= 15 is 0 Å². The van der Waals surface area contributed by atoms with Gasteiger partial charge in [0.15, 0.2) is 0 Å². The average Bonchev–Trinajstić information content (AvgIpc) is 2.32. The maximum Gasteiger partial charge on any atom is 0.256 e. The van der Waals surface area contributed by atoms with Crippen LogP contribution in [0, 0.1) is 12.7 Å². The van der Waals surface area contributed by atoms with Crippen molar-refractivity contribution in [2.45, 2.75) is 32.3 Å². The van der Waals surface area contributed by atoms with Gasteiger partial charge < -0.3 is 10.0 Å². The predicted octanol–water partition coefficient (Wildman–Crippen LogP) is 2.12. The highest BCUT2D eigenvalue weighted by atomic mass is 19.1. The molecule has 1 amide bonds. The maximum absolute atomic E-state index is 13.9. The molecule has 0 unspecified atom stereocenters. The van der Waals surface area contributed by atoms with E-state index in [0.717, 1.165) is 0 Å². The summed E-state index contributed by atoms with van der Waals surface area (Å²) in [6.07, 6.45) is 1.07. The van der Waals surface area contributed by atoms with Crippen LogP contribution in [0.5, 0.6) is 0 Å². The van der Waals surface area contributed by atoms with Crippen LogP contribution >= 0.6 is 0 Å². The number of rotatable bonds is 1. The summed E-state index contributed by atoms with van der Waals surface area (Å²) < 4.78 is 13.9. The molecule has 0 aliphatic carbocycles. The second-order valence-electron chi connectivity index (χ2n) is 5.23. The fraction of sp³-hybridized carbons (Fsp3) is 0.500. The number of benzene rings is 1. The van der Waals surface area contributed by atoms with Crippen molar-refractivity contribution in [3.05, 3.63) is 35.1 Å². The molecular weight excluding hydrogens is 233 g/mol. The number of carbonyl (C=O) groups is 1. The van der Waals surface area contributed by atoms with E-state index < -0.39 is 11.4 Å². The third-order valence-electron chi connectivity index (χ3n) is 3.55. The first-order valence-corrected chi connectivity index (χ1v) is 6.17. The van der Waals surface area contributed by atoms with Gasteiger partial charge in [-0.25, -0.2) is 4.39 Å². The van der Waals surface area contributed by atoms with Crippen molar-refractivity contribution in [3.63, 3.8) is 0 Å². The van der Waals surface area contributed by atoms with Crippen LogP contribution in [0.25, 0.3) is 0 Å². The third-order valence-corrected chi connectivity index (χ3v) is 3.55. The summed E-state index contributed by atoms with van der Waals surface area (Å²) >= 11 is 0. The summed E-state index contributed by atoms with van der Waals surface area (Å²) in [5.41, 5.74) is -0.108. The fourth-order valence-electron chi connectivity index (χ4n) is 2.17. The Hall–Kier alpha value is -1.42. The zero-order valence-corrected chi connectivity index (χ0v) is 10.7. The Morgan fingerprint density at radius 1 is 1.39 bits per heavy atom. The van der Waals surface area contributed by atoms with Crippen LogP contribution in [0.1, 0.15) is 35.7 Å². The Balaban J connectivity index is 2.15. The number of likely N-dealkylation sites (tertiary alicyclic amines) is 1. The molecular formula is C14H18FNO2.